The topological polar surface area (TPSA) is 70.5 Å². The van der Waals surface area contributed by atoms with Crippen LogP contribution < -0.4 is 10.5 Å². The van der Waals surface area contributed by atoms with Crippen molar-refractivity contribution < 1.29 is 4.79 Å². The van der Waals surface area contributed by atoms with Crippen molar-refractivity contribution in [3.8, 4) is 11.1 Å². The van der Waals surface area contributed by atoms with E-state index in [4.69, 9.17) is 0 Å². The van der Waals surface area contributed by atoms with Crippen LogP contribution in [0, 0.1) is 13.8 Å². The molecule has 4 rings (SSSR count). The van der Waals surface area contributed by atoms with Crippen LogP contribution in [-0.4, -0.2) is 27.6 Å². The minimum atomic E-state index is -0.211. The molecule has 0 saturated carbocycles. The molecule has 29 heavy (non-hydrogen) atoms. The molecule has 0 saturated heterocycles. The van der Waals surface area contributed by atoms with Gasteiger partial charge < -0.3 is 4.90 Å². The predicted molar refractivity (Wildman–Crippen MR) is 114 cm³/mol. The number of nitrogens with zero attached hydrogens (tertiary/aromatic N) is 3. The quantitative estimate of drug-likeness (QED) is 0.583. The number of anilines is 1. The number of H-pyrrole nitrogens is 1. The molecule has 4 aromatic rings. The number of likely N-dealkylation sites (N-methyl/N-ethyl adjacent to an activating group) is 1. The highest BCUT2D eigenvalue weighted by molar-refractivity contribution is 5.98. The first kappa shape index (κ1) is 18.7. The number of aromatic nitrogens is 3. The summed E-state index contributed by atoms with van der Waals surface area (Å²) in [5.41, 5.74) is 5.64. The van der Waals surface area contributed by atoms with E-state index in [2.05, 4.69) is 10.1 Å². The second-order valence-corrected chi connectivity index (χ2v) is 7.09. The number of carbonyl (C=O) groups excluding carboxylic acids is 1. The zero-order valence-corrected chi connectivity index (χ0v) is 16.6. The van der Waals surface area contributed by atoms with E-state index in [1.165, 1.54) is 6.07 Å². The van der Waals surface area contributed by atoms with Crippen LogP contribution in [0.25, 0.3) is 16.8 Å². The highest BCUT2D eigenvalue weighted by Gasteiger charge is 2.19. The van der Waals surface area contributed by atoms with Gasteiger partial charge in [-0.3, -0.25) is 14.7 Å². The molecule has 6 nitrogen and oxygen atoms in total. The number of nitrogens with one attached hydrogen (secondary N) is 1. The standard InChI is InChI=1S/C23H22N4O2/c1-15-19(16(2)27-21(24-15)14-22(28)25-27)13-23(29)26(3)20-12-8-7-11-18(20)17-9-5-4-6-10-17/h4-12,14H,13H2,1-3H3,(H,25,28). The van der Waals surface area contributed by atoms with Gasteiger partial charge in [-0.15, -0.1) is 0 Å². The van der Waals surface area contributed by atoms with Crippen molar-refractivity contribution in [3.63, 3.8) is 0 Å². The summed E-state index contributed by atoms with van der Waals surface area (Å²) in [6, 6.07) is 19.3. The monoisotopic (exact) mass is 386 g/mol. The molecule has 0 aliphatic heterocycles. The van der Waals surface area contributed by atoms with Gasteiger partial charge in [0, 0.05) is 35.6 Å². The van der Waals surface area contributed by atoms with Crippen LogP contribution in [0.4, 0.5) is 5.69 Å². The summed E-state index contributed by atoms with van der Waals surface area (Å²) < 4.78 is 1.63. The van der Waals surface area contributed by atoms with Gasteiger partial charge in [-0.2, -0.15) is 0 Å². The average molecular weight is 386 g/mol. The number of aryl methyl sites for hydroxylation is 2. The van der Waals surface area contributed by atoms with E-state index in [1.54, 1.807) is 16.5 Å². The highest BCUT2D eigenvalue weighted by Crippen LogP contribution is 2.30. The number of carbonyl (C=O) groups is 1. The lowest BCUT2D eigenvalue weighted by Gasteiger charge is -2.22. The first-order chi connectivity index (χ1) is 14.0. The number of rotatable bonds is 4. The molecule has 2 aromatic carbocycles. The predicted octanol–water partition coefficient (Wildman–Crippen LogP) is 3.51. The molecule has 6 heteroatoms. The average Bonchev–Trinajstić information content (AvgIpc) is 3.11. The Bertz CT molecular complexity index is 1260. The Labute approximate surface area is 168 Å². The third kappa shape index (κ3) is 3.45. The first-order valence-electron chi connectivity index (χ1n) is 9.44. The van der Waals surface area contributed by atoms with Gasteiger partial charge >= 0.3 is 0 Å². The van der Waals surface area contributed by atoms with Gasteiger partial charge in [0.15, 0.2) is 5.65 Å². The number of hydrogen-bond acceptors (Lipinski definition) is 3. The maximum absolute atomic E-state index is 13.2. The summed E-state index contributed by atoms with van der Waals surface area (Å²) in [5.74, 6) is -0.0461. The maximum atomic E-state index is 13.2. The van der Waals surface area contributed by atoms with E-state index in [-0.39, 0.29) is 17.9 Å². The van der Waals surface area contributed by atoms with Crippen LogP contribution in [0.1, 0.15) is 17.0 Å². The largest absolute Gasteiger partial charge is 0.315 e. The molecule has 2 heterocycles. The Morgan fingerprint density at radius 2 is 1.76 bits per heavy atom. The molecular formula is C23H22N4O2. The van der Waals surface area contributed by atoms with Crippen LogP contribution in [0.2, 0.25) is 0 Å². The number of hydrogen-bond donors (Lipinski definition) is 1. The fraction of sp³-hybridized carbons (Fsp3) is 0.174. The molecule has 0 bridgehead atoms. The minimum Gasteiger partial charge on any atom is -0.315 e. The Morgan fingerprint density at radius 1 is 1.07 bits per heavy atom. The van der Waals surface area contributed by atoms with Crippen LogP contribution in [0.5, 0.6) is 0 Å². The van der Waals surface area contributed by atoms with Crippen molar-refractivity contribution in [1.29, 1.82) is 0 Å². The highest BCUT2D eigenvalue weighted by atomic mass is 16.2. The summed E-state index contributed by atoms with van der Waals surface area (Å²) >= 11 is 0. The van der Waals surface area contributed by atoms with Crippen molar-refractivity contribution in [2.75, 3.05) is 11.9 Å². The molecule has 0 unspecified atom stereocenters. The third-order valence-corrected chi connectivity index (χ3v) is 5.25. The molecule has 0 radical (unpaired) electrons. The molecular weight excluding hydrogens is 364 g/mol. The van der Waals surface area contributed by atoms with Gasteiger partial charge in [-0.05, 0) is 25.5 Å². The number of para-hydroxylation sites is 1. The molecule has 0 aliphatic rings. The number of benzene rings is 2. The van der Waals surface area contributed by atoms with E-state index in [0.717, 1.165) is 33.8 Å². The number of aromatic amines is 1. The van der Waals surface area contributed by atoms with Crippen molar-refractivity contribution in [2.45, 2.75) is 20.3 Å². The summed E-state index contributed by atoms with van der Waals surface area (Å²) in [7, 11) is 1.79. The molecule has 0 atom stereocenters. The Kier molecular flexibility index (Phi) is 4.76. The van der Waals surface area contributed by atoms with Crippen LogP contribution in [-0.2, 0) is 11.2 Å². The van der Waals surface area contributed by atoms with E-state index >= 15 is 0 Å². The lowest BCUT2D eigenvalue weighted by atomic mass is 10.0. The fourth-order valence-corrected chi connectivity index (χ4v) is 3.64. The second-order valence-electron chi connectivity index (χ2n) is 7.09. The third-order valence-electron chi connectivity index (χ3n) is 5.25. The van der Waals surface area contributed by atoms with Gasteiger partial charge in [0.05, 0.1) is 12.1 Å². The zero-order valence-electron chi connectivity index (χ0n) is 16.6. The maximum Gasteiger partial charge on any atom is 0.266 e. The van der Waals surface area contributed by atoms with E-state index in [1.807, 2.05) is 68.4 Å². The normalized spacial score (nSPS) is 11.0. The van der Waals surface area contributed by atoms with Gasteiger partial charge in [-0.1, -0.05) is 48.5 Å². The van der Waals surface area contributed by atoms with E-state index in [9.17, 15) is 9.59 Å². The fourth-order valence-electron chi connectivity index (χ4n) is 3.64. The number of amides is 1. The second kappa shape index (κ2) is 7.39. The van der Waals surface area contributed by atoms with Crippen molar-refractivity contribution in [1.82, 2.24) is 14.6 Å². The summed E-state index contributed by atoms with van der Waals surface area (Å²) in [4.78, 5) is 31.0. The van der Waals surface area contributed by atoms with E-state index < -0.39 is 0 Å². The molecule has 0 aliphatic carbocycles. The number of fused-ring (bicyclic) bond motifs is 1. The summed E-state index contributed by atoms with van der Waals surface area (Å²) in [6.07, 6.45) is 0.195. The Balaban J connectivity index is 1.69. The lowest BCUT2D eigenvalue weighted by Crippen LogP contribution is -2.29. The van der Waals surface area contributed by atoms with E-state index in [0.29, 0.717) is 5.65 Å². The summed E-state index contributed by atoms with van der Waals surface area (Å²) in [6.45, 7) is 3.75. The Morgan fingerprint density at radius 3 is 2.52 bits per heavy atom. The molecule has 0 fully saturated rings. The smallest absolute Gasteiger partial charge is 0.266 e. The zero-order chi connectivity index (χ0) is 20.5. The minimum absolute atomic E-state index is 0.0461. The molecule has 1 amide bonds. The molecule has 0 spiro atoms. The van der Waals surface area contributed by atoms with Gasteiger partial charge in [0.2, 0.25) is 5.91 Å². The molecule has 146 valence electrons. The van der Waals surface area contributed by atoms with Gasteiger partial charge in [-0.25, -0.2) is 9.50 Å². The lowest BCUT2D eigenvalue weighted by molar-refractivity contribution is -0.117. The Hall–Kier alpha value is -3.67. The van der Waals surface area contributed by atoms with Gasteiger partial charge in [0.25, 0.3) is 5.56 Å². The van der Waals surface area contributed by atoms with Crippen LogP contribution in [0.3, 0.4) is 0 Å². The van der Waals surface area contributed by atoms with Crippen LogP contribution in [0.15, 0.2) is 65.5 Å². The summed E-state index contributed by atoms with van der Waals surface area (Å²) in [5, 5.41) is 2.73. The first-order valence-corrected chi connectivity index (χ1v) is 9.44. The van der Waals surface area contributed by atoms with Crippen molar-refractivity contribution >= 4 is 17.2 Å². The van der Waals surface area contributed by atoms with Gasteiger partial charge in [0.1, 0.15) is 0 Å². The van der Waals surface area contributed by atoms with Crippen molar-refractivity contribution in [3.05, 3.63) is 88.0 Å². The van der Waals surface area contributed by atoms with Crippen LogP contribution >= 0.6 is 0 Å². The molecule has 2 aromatic heterocycles. The molecule has 1 N–H and O–H groups in total. The SMILES string of the molecule is Cc1nc2cc(=O)[nH]n2c(C)c1CC(=O)N(C)c1ccccc1-c1ccccc1. The van der Waals surface area contributed by atoms with Crippen molar-refractivity contribution in [2.24, 2.45) is 0 Å².